The molecule has 23 heavy (non-hydrogen) atoms. The van der Waals surface area contributed by atoms with E-state index >= 15 is 0 Å². The Morgan fingerprint density at radius 2 is 2.26 bits per heavy atom. The van der Waals surface area contributed by atoms with Crippen LogP contribution in [0.4, 0.5) is 0 Å². The summed E-state index contributed by atoms with van der Waals surface area (Å²) >= 11 is 3.26. The first-order chi connectivity index (χ1) is 11.0. The van der Waals surface area contributed by atoms with Gasteiger partial charge in [0.15, 0.2) is 5.96 Å². The predicted octanol–water partition coefficient (Wildman–Crippen LogP) is 2.52. The minimum absolute atomic E-state index is 0.319. The van der Waals surface area contributed by atoms with Gasteiger partial charge in [0.2, 0.25) is 0 Å². The minimum Gasteiger partial charge on any atom is -0.383 e. The highest BCUT2D eigenvalue weighted by molar-refractivity contribution is 7.11. The molecule has 0 bridgehead atoms. The van der Waals surface area contributed by atoms with Gasteiger partial charge in [0.05, 0.1) is 11.6 Å². The summed E-state index contributed by atoms with van der Waals surface area (Å²) in [6.07, 6.45) is 2.77. The van der Waals surface area contributed by atoms with Crippen LogP contribution in [0, 0.1) is 6.92 Å². The third-order valence-corrected chi connectivity index (χ3v) is 5.34. The van der Waals surface area contributed by atoms with Crippen molar-refractivity contribution in [3.8, 4) is 0 Å². The fourth-order valence-electron chi connectivity index (χ4n) is 2.04. The summed E-state index contributed by atoms with van der Waals surface area (Å²) in [5, 5.41) is 20.1. The average Bonchev–Trinajstić information content (AvgIpc) is 3.17. The van der Waals surface area contributed by atoms with Crippen molar-refractivity contribution in [1.82, 2.24) is 15.6 Å². The molecule has 1 atom stereocenters. The van der Waals surface area contributed by atoms with Crippen LogP contribution >= 0.6 is 22.7 Å². The number of guanidine groups is 1. The lowest BCUT2D eigenvalue weighted by Crippen LogP contribution is -2.39. The normalized spacial score (nSPS) is 14.5. The van der Waals surface area contributed by atoms with Crippen molar-refractivity contribution < 1.29 is 5.11 Å². The van der Waals surface area contributed by atoms with E-state index in [0.717, 1.165) is 35.4 Å². The highest BCUT2D eigenvalue weighted by Crippen LogP contribution is 2.25. The molecular weight excluding hydrogens is 328 g/mol. The van der Waals surface area contributed by atoms with Gasteiger partial charge in [-0.15, -0.1) is 22.7 Å². The molecule has 0 radical (unpaired) electrons. The number of hydrogen-bond acceptors (Lipinski definition) is 5. The summed E-state index contributed by atoms with van der Waals surface area (Å²) in [7, 11) is 0. The predicted molar refractivity (Wildman–Crippen MR) is 98.4 cm³/mol. The van der Waals surface area contributed by atoms with Gasteiger partial charge in [0.1, 0.15) is 5.60 Å². The number of thiophene rings is 1. The SMILES string of the molecule is CCNC(=NCC(C)(O)c1cccs1)NCCc1ncc(C)s1. The van der Waals surface area contributed by atoms with Gasteiger partial charge in [-0.1, -0.05) is 6.07 Å². The van der Waals surface area contributed by atoms with Gasteiger partial charge in [-0.05, 0) is 32.2 Å². The highest BCUT2D eigenvalue weighted by Gasteiger charge is 2.23. The number of thiazole rings is 1. The molecule has 5 nitrogen and oxygen atoms in total. The zero-order valence-electron chi connectivity index (χ0n) is 13.8. The third-order valence-electron chi connectivity index (χ3n) is 3.24. The molecule has 0 aliphatic heterocycles. The Kier molecular flexibility index (Phi) is 6.56. The first-order valence-electron chi connectivity index (χ1n) is 7.71. The summed E-state index contributed by atoms with van der Waals surface area (Å²) in [6.45, 7) is 7.75. The van der Waals surface area contributed by atoms with Crippen molar-refractivity contribution in [3.63, 3.8) is 0 Å². The largest absolute Gasteiger partial charge is 0.383 e. The van der Waals surface area contributed by atoms with Crippen molar-refractivity contribution in [3.05, 3.63) is 38.5 Å². The zero-order valence-corrected chi connectivity index (χ0v) is 15.4. The van der Waals surface area contributed by atoms with Crippen molar-refractivity contribution in [2.45, 2.75) is 32.8 Å². The van der Waals surface area contributed by atoms with Gasteiger partial charge in [0, 0.05) is 35.5 Å². The van der Waals surface area contributed by atoms with Crippen LogP contribution < -0.4 is 10.6 Å². The van der Waals surface area contributed by atoms with Crippen LogP contribution in [0.5, 0.6) is 0 Å². The molecule has 1 unspecified atom stereocenters. The van der Waals surface area contributed by atoms with E-state index in [9.17, 15) is 5.11 Å². The molecule has 2 aromatic rings. The topological polar surface area (TPSA) is 69.5 Å². The molecule has 2 rings (SSSR count). The Bertz CT molecular complexity index is 620. The Morgan fingerprint density at radius 1 is 1.43 bits per heavy atom. The Morgan fingerprint density at radius 3 is 2.87 bits per heavy atom. The molecular formula is C16H24N4OS2. The van der Waals surface area contributed by atoms with E-state index in [0.29, 0.717) is 6.54 Å². The van der Waals surface area contributed by atoms with Gasteiger partial charge >= 0.3 is 0 Å². The average molecular weight is 353 g/mol. The molecule has 0 aliphatic carbocycles. The molecule has 3 N–H and O–H groups in total. The molecule has 0 aromatic carbocycles. The second kappa shape index (κ2) is 8.42. The van der Waals surface area contributed by atoms with E-state index < -0.39 is 5.60 Å². The van der Waals surface area contributed by atoms with Crippen LogP contribution in [0.2, 0.25) is 0 Å². The maximum Gasteiger partial charge on any atom is 0.191 e. The maximum atomic E-state index is 10.5. The summed E-state index contributed by atoms with van der Waals surface area (Å²) in [4.78, 5) is 11.0. The first kappa shape index (κ1) is 17.9. The lowest BCUT2D eigenvalue weighted by molar-refractivity contribution is 0.0711. The molecule has 7 heteroatoms. The fourth-order valence-corrected chi connectivity index (χ4v) is 3.61. The van der Waals surface area contributed by atoms with Crippen LogP contribution in [0.25, 0.3) is 0 Å². The van der Waals surface area contributed by atoms with Crippen molar-refractivity contribution in [2.75, 3.05) is 19.6 Å². The number of nitrogens with zero attached hydrogens (tertiary/aromatic N) is 2. The summed E-state index contributed by atoms with van der Waals surface area (Å²) in [5.41, 5.74) is -0.942. The van der Waals surface area contributed by atoms with Gasteiger partial charge < -0.3 is 15.7 Å². The molecule has 0 amide bonds. The van der Waals surface area contributed by atoms with Gasteiger partial charge in [-0.25, -0.2) is 9.98 Å². The van der Waals surface area contributed by atoms with E-state index in [1.165, 1.54) is 4.88 Å². The standard InChI is InChI=1S/C16H24N4OS2/c1-4-17-15(18-8-7-14-19-10-12(2)23-14)20-11-16(3,21)13-6-5-9-22-13/h5-6,9-10,21H,4,7-8,11H2,1-3H3,(H2,17,18,20). The highest BCUT2D eigenvalue weighted by atomic mass is 32.1. The van der Waals surface area contributed by atoms with Crippen LogP contribution in [0.15, 0.2) is 28.7 Å². The molecule has 0 saturated carbocycles. The fraction of sp³-hybridized carbons (Fsp3) is 0.500. The van der Waals surface area contributed by atoms with Crippen LogP contribution in [-0.2, 0) is 12.0 Å². The molecule has 126 valence electrons. The monoisotopic (exact) mass is 352 g/mol. The van der Waals surface area contributed by atoms with Gasteiger partial charge in [0.25, 0.3) is 0 Å². The second-order valence-corrected chi connectivity index (χ2v) is 7.75. The Balaban J connectivity index is 1.89. The number of rotatable bonds is 7. The van der Waals surface area contributed by atoms with Crippen LogP contribution in [0.1, 0.15) is 28.6 Å². The first-order valence-corrected chi connectivity index (χ1v) is 9.40. The van der Waals surface area contributed by atoms with E-state index in [1.807, 2.05) is 30.6 Å². The van der Waals surface area contributed by atoms with Crippen LogP contribution in [0.3, 0.4) is 0 Å². The van der Waals surface area contributed by atoms with Crippen LogP contribution in [-0.4, -0.2) is 35.7 Å². The van der Waals surface area contributed by atoms with Crippen molar-refractivity contribution in [1.29, 1.82) is 0 Å². The minimum atomic E-state index is -0.942. The van der Waals surface area contributed by atoms with E-state index in [-0.39, 0.29) is 0 Å². The number of hydrogen-bond donors (Lipinski definition) is 3. The number of aromatic nitrogens is 1. The summed E-state index contributed by atoms with van der Waals surface area (Å²) in [5.74, 6) is 0.720. The second-order valence-electron chi connectivity index (χ2n) is 5.49. The van der Waals surface area contributed by atoms with Gasteiger partial charge in [-0.2, -0.15) is 0 Å². The van der Waals surface area contributed by atoms with Crippen molar-refractivity contribution in [2.24, 2.45) is 4.99 Å². The lowest BCUT2D eigenvalue weighted by Gasteiger charge is -2.20. The molecule has 0 aliphatic rings. The number of nitrogens with one attached hydrogen (secondary N) is 2. The van der Waals surface area contributed by atoms with E-state index in [4.69, 9.17) is 0 Å². The lowest BCUT2D eigenvalue weighted by atomic mass is 10.1. The summed E-state index contributed by atoms with van der Waals surface area (Å²) in [6, 6.07) is 3.88. The molecule has 0 saturated heterocycles. The third kappa shape index (κ3) is 5.60. The smallest absolute Gasteiger partial charge is 0.191 e. The zero-order chi connectivity index (χ0) is 16.7. The van der Waals surface area contributed by atoms with E-state index in [2.05, 4.69) is 27.5 Å². The molecule has 0 fully saturated rings. The molecule has 2 heterocycles. The Labute approximate surface area is 145 Å². The molecule has 0 spiro atoms. The van der Waals surface area contributed by atoms with Crippen molar-refractivity contribution >= 4 is 28.6 Å². The molecule has 2 aromatic heterocycles. The van der Waals surface area contributed by atoms with E-state index in [1.54, 1.807) is 29.6 Å². The number of aliphatic hydroxyl groups is 1. The van der Waals surface area contributed by atoms with Gasteiger partial charge in [-0.3, -0.25) is 0 Å². The number of aliphatic imine (C=N–C) groups is 1. The Hall–Kier alpha value is -1.44. The maximum absolute atomic E-state index is 10.5. The number of aryl methyl sites for hydroxylation is 1. The summed E-state index contributed by atoms with van der Waals surface area (Å²) < 4.78 is 0. The quantitative estimate of drug-likeness (QED) is 0.529.